The average Bonchev–Trinajstić information content (AvgIpc) is 2.66. The van der Waals surface area contributed by atoms with Crippen molar-refractivity contribution in [3.8, 4) is 5.95 Å². The van der Waals surface area contributed by atoms with E-state index < -0.39 is 0 Å². The Morgan fingerprint density at radius 3 is 2.38 bits per heavy atom. The highest BCUT2D eigenvalue weighted by Crippen LogP contribution is 2.22. The molecule has 2 aromatic heterocycles. The third-order valence-corrected chi connectivity index (χ3v) is 2.26. The molecule has 2 heterocycles. The normalized spacial score (nSPS) is 11.7. The maximum absolute atomic E-state index is 5.55. The van der Waals surface area contributed by atoms with Crippen LogP contribution in [-0.2, 0) is 5.41 Å². The SMILES string of the molecule is CC(C)(C)c1ccnn1-c1ncc(N)cn1. The Morgan fingerprint density at radius 1 is 1.19 bits per heavy atom. The summed E-state index contributed by atoms with van der Waals surface area (Å²) in [5, 5.41) is 4.23. The van der Waals surface area contributed by atoms with Gasteiger partial charge in [0.25, 0.3) is 5.95 Å². The molecule has 2 aromatic rings. The van der Waals surface area contributed by atoms with E-state index in [0.29, 0.717) is 11.6 Å². The Balaban J connectivity index is 2.49. The number of anilines is 1. The summed E-state index contributed by atoms with van der Waals surface area (Å²) in [6.45, 7) is 6.37. The maximum Gasteiger partial charge on any atom is 0.250 e. The van der Waals surface area contributed by atoms with Gasteiger partial charge in [-0.2, -0.15) is 5.10 Å². The number of hydrogen-bond acceptors (Lipinski definition) is 4. The average molecular weight is 217 g/mol. The highest BCUT2D eigenvalue weighted by molar-refractivity contribution is 5.33. The lowest BCUT2D eigenvalue weighted by molar-refractivity contribution is 0.537. The molecule has 0 unspecified atom stereocenters. The predicted octanol–water partition coefficient (Wildman–Crippen LogP) is 1.54. The molecule has 0 aliphatic rings. The van der Waals surface area contributed by atoms with Crippen LogP contribution in [0.25, 0.3) is 5.95 Å². The van der Waals surface area contributed by atoms with Crippen LogP contribution in [0.4, 0.5) is 5.69 Å². The minimum atomic E-state index is 0.00124. The third-order valence-electron chi connectivity index (χ3n) is 2.26. The van der Waals surface area contributed by atoms with Gasteiger partial charge in [0.15, 0.2) is 0 Å². The Morgan fingerprint density at radius 2 is 1.81 bits per heavy atom. The zero-order valence-electron chi connectivity index (χ0n) is 9.68. The Hall–Kier alpha value is -1.91. The van der Waals surface area contributed by atoms with Crippen LogP contribution in [0.15, 0.2) is 24.7 Å². The lowest BCUT2D eigenvalue weighted by Gasteiger charge is -2.19. The molecule has 0 spiro atoms. The molecule has 0 bridgehead atoms. The second kappa shape index (κ2) is 3.59. The summed E-state index contributed by atoms with van der Waals surface area (Å²) in [7, 11) is 0. The van der Waals surface area contributed by atoms with E-state index in [0.717, 1.165) is 5.69 Å². The summed E-state index contributed by atoms with van der Waals surface area (Å²) < 4.78 is 1.74. The fourth-order valence-electron chi connectivity index (χ4n) is 1.47. The van der Waals surface area contributed by atoms with Crippen LogP contribution in [0.2, 0.25) is 0 Å². The van der Waals surface area contributed by atoms with Crippen molar-refractivity contribution >= 4 is 5.69 Å². The van der Waals surface area contributed by atoms with Crippen LogP contribution in [0.1, 0.15) is 26.5 Å². The number of nitrogen functional groups attached to an aromatic ring is 1. The molecular weight excluding hydrogens is 202 g/mol. The molecule has 2 N–H and O–H groups in total. The molecule has 5 nitrogen and oxygen atoms in total. The number of rotatable bonds is 1. The minimum absolute atomic E-state index is 0.00124. The predicted molar refractivity (Wildman–Crippen MR) is 62.3 cm³/mol. The monoisotopic (exact) mass is 217 g/mol. The fraction of sp³-hybridized carbons (Fsp3) is 0.364. The third kappa shape index (κ3) is 1.88. The Labute approximate surface area is 94.3 Å². The maximum atomic E-state index is 5.55. The van der Waals surface area contributed by atoms with Gasteiger partial charge in [0.1, 0.15) is 0 Å². The number of hydrogen-bond donors (Lipinski definition) is 1. The van der Waals surface area contributed by atoms with Gasteiger partial charge in [-0.15, -0.1) is 0 Å². The largest absolute Gasteiger partial charge is 0.396 e. The Kier molecular flexibility index (Phi) is 2.38. The molecule has 0 atom stereocenters. The molecule has 0 aliphatic heterocycles. The first-order valence-corrected chi connectivity index (χ1v) is 5.11. The first-order valence-electron chi connectivity index (χ1n) is 5.11. The highest BCUT2D eigenvalue weighted by atomic mass is 15.3. The van der Waals surface area contributed by atoms with E-state index in [2.05, 4.69) is 35.8 Å². The molecule has 0 fully saturated rings. The molecule has 2 rings (SSSR count). The second-order valence-electron chi connectivity index (χ2n) is 4.69. The zero-order valence-corrected chi connectivity index (χ0v) is 9.68. The van der Waals surface area contributed by atoms with Crippen LogP contribution >= 0.6 is 0 Å². The van der Waals surface area contributed by atoms with E-state index in [1.807, 2.05) is 6.07 Å². The van der Waals surface area contributed by atoms with Crippen molar-refractivity contribution in [2.45, 2.75) is 26.2 Å². The second-order valence-corrected chi connectivity index (χ2v) is 4.69. The number of nitrogens with zero attached hydrogens (tertiary/aromatic N) is 4. The summed E-state index contributed by atoms with van der Waals surface area (Å²) in [5.74, 6) is 0.545. The summed E-state index contributed by atoms with van der Waals surface area (Å²) in [5.41, 5.74) is 7.17. The number of aromatic nitrogens is 4. The van der Waals surface area contributed by atoms with Gasteiger partial charge in [-0.3, -0.25) is 0 Å². The van der Waals surface area contributed by atoms with Crippen LogP contribution < -0.4 is 5.73 Å². The van der Waals surface area contributed by atoms with Crippen LogP contribution in [0.5, 0.6) is 0 Å². The van der Waals surface area contributed by atoms with E-state index in [1.54, 1.807) is 23.3 Å². The molecule has 0 saturated carbocycles. The lowest BCUT2D eigenvalue weighted by Crippen LogP contribution is -2.18. The van der Waals surface area contributed by atoms with Crippen molar-refractivity contribution in [3.05, 3.63) is 30.4 Å². The van der Waals surface area contributed by atoms with Gasteiger partial charge >= 0.3 is 0 Å². The topological polar surface area (TPSA) is 69.6 Å². The van der Waals surface area contributed by atoms with E-state index in [-0.39, 0.29) is 5.41 Å². The van der Waals surface area contributed by atoms with Gasteiger partial charge in [0.2, 0.25) is 0 Å². The summed E-state index contributed by atoms with van der Waals surface area (Å²) in [6, 6.07) is 1.97. The quantitative estimate of drug-likeness (QED) is 0.786. The van der Waals surface area contributed by atoms with Gasteiger partial charge in [0.05, 0.1) is 23.8 Å². The van der Waals surface area contributed by atoms with E-state index >= 15 is 0 Å². The van der Waals surface area contributed by atoms with E-state index in [1.165, 1.54) is 0 Å². The van der Waals surface area contributed by atoms with Crippen LogP contribution in [0, 0.1) is 0 Å². The van der Waals surface area contributed by atoms with Crippen molar-refractivity contribution in [1.82, 2.24) is 19.7 Å². The molecular formula is C11H15N5. The fourth-order valence-corrected chi connectivity index (χ4v) is 1.47. The molecule has 0 aromatic carbocycles. The first kappa shape index (κ1) is 10.6. The van der Waals surface area contributed by atoms with Gasteiger partial charge in [-0.05, 0) is 6.07 Å². The van der Waals surface area contributed by atoms with Gasteiger partial charge < -0.3 is 5.73 Å². The van der Waals surface area contributed by atoms with Crippen molar-refractivity contribution in [2.24, 2.45) is 0 Å². The molecule has 5 heteroatoms. The van der Waals surface area contributed by atoms with E-state index in [4.69, 9.17) is 5.73 Å². The first-order chi connectivity index (χ1) is 7.48. The summed E-state index contributed by atoms with van der Waals surface area (Å²) >= 11 is 0. The van der Waals surface area contributed by atoms with Crippen LogP contribution in [0.3, 0.4) is 0 Å². The highest BCUT2D eigenvalue weighted by Gasteiger charge is 2.20. The van der Waals surface area contributed by atoms with E-state index in [9.17, 15) is 0 Å². The van der Waals surface area contributed by atoms with Crippen molar-refractivity contribution in [1.29, 1.82) is 0 Å². The van der Waals surface area contributed by atoms with Crippen molar-refractivity contribution < 1.29 is 0 Å². The Bertz CT molecular complexity index is 478. The molecule has 16 heavy (non-hydrogen) atoms. The van der Waals surface area contributed by atoms with Crippen LogP contribution in [-0.4, -0.2) is 19.7 Å². The van der Waals surface area contributed by atoms with Gasteiger partial charge in [0, 0.05) is 11.6 Å². The van der Waals surface area contributed by atoms with Gasteiger partial charge in [-0.1, -0.05) is 20.8 Å². The summed E-state index contributed by atoms with van der Waals surface area (Å²) in [4.78, 5) is 8.32. The number of nitrogens with two attached hydrogens (primary N) is 1. The van der Waals surface area contributed by atoms with Crippen molar-refractivity contribution in [2.75, 3.05) is 5.73 Å². The molecule has 0 amide bonds. The minimum Gasteiger partial charge on any atom is -0.396 e. The molecule has 0 radical (unpaired) electrons. The molecule has 0 saturated heterocycles. The smallest absolute Gasteiger partial charge is 0.250 e. The lowest BCUT2D eigenvalue weighted by atomic mass is 9.92. The standard InChI is InChI=1S/C11H15N5/c1-11(2,3)9-4-5-15-16(9)10-13-6-8(12)7-14-10/h4-7H,12H2,1-3H3. The summed E-state index contributed by atoms with van der Waals surface area (Å²) in [6.07, 6.45) is 4.91. The van der Waals surface area contributed by atoms with Gasteiger partial charge in [-0.25, -0.2) is 14.6 Å². The zero-order chi connectivity index (χ0) is 11.8. The molecule has 84 valence electrons. The molecule has 0 aliphatic carbocycles. The van der Waals surface area contributed by atoms with Crippen molar-refractivity contribution in [3.63, 3.8) is 0 Å².